The molecule has 0 aliphatic rings. The zero-order valence-corrected chi connectivity index (χ0v) is 11.9. The third-order valence-corrected chi connectivity index (χ3v) is 4.47. The highest BCUT2D eigenvalue weighted by Crippen LogP contribution is 2.32. The van der Waals surface area contributed by atoms with Crippen molar-refractivity contribution in [3.63, 3.8) is 0 Å². The first-order valence-electron chi connectivity index (χ1n) is 5.94. The topological polar surface area (TPSA) is 24.9 Å². The van der Waals surface area contributed by atoms with E-state index >= 15 is 0 Å². The van der Waals surface area contributed by atoms with E-state index in [4.69, 9.17) is 0 Å². The lowest BCUT2D eigenvalue weighted by molar-refractivity contribution is 0.619. The normalized spacial score (nSPS) is 12.7. The number of aromatic nitrogens is 1. The van der Waals surface area contributed by atoms with Crippen LogP contribution in [0.3, 0.4) is 0 Å². The summed E-state index contributed by atoms with van der Waals surface area (Å²) in [5.41, 5.74) is 2.52. The van der Waals surface area contributed by atoms with Crippen molar-refractivity contribution in [1.29, 1.82) is 0 Å². The molecule has 96 valence electrons. The molecule has 1 aromatic carbocycles. The van der Waals surface area contributed by atoms with Gasteiger partial charge >= 0.3 is 0 Å². The molecule has 2 nitrogen and oxygen atoms in total. The van der Waals surface area contributed by atoms with Gasteiger partial charge in [0.2, 0.25) is 0 Å². The summed E-state index contributed by atoms with van der Waals surface area (Å²) in [5, 5.41) is 4.08. The van der Waals surface area contributed by atoms with Crippen LogP contribution < -0.4 is 5.32 Å². The van der Waals surface area contributed by atoms with E-state index in [0.717, 1.165) is 16.3 Å². The van der Waals surface area contributed by atoms with Gasteiger partial charge in [-0.05, 0) is 39.4 Å². The zero-order valence-electron chi connectivity index (χ0n) is 11.0. The van der Waals surface area contributed by atoms with Crippen molar-refractivity contribution in [2.75, 3.05) is 7.05 Å². The number of nitrogens with zero attached hydrogens (tertiary/aromatic N) is 1. The average Bonchev–Trinajstić information content (AvgIpc) is 2.74. The van der Waals surface area contributed by atoms with Crippen LogP contribution in [0.25, 0.3) is 10.6 Å². The summed E-state index contributed by atoms with van der Waals surface area (Å²) in [6, 6.07) is 5.54. The number of hydrogen-bond donors (Lipinski definition) is 1. The Hall–Kier alpha value is -1.26. The molecule has 0 radical (unpaired) electrons. The van der Waals surface area contributed by atoms with Crippen molar-refractivity contribution in [3.05, 3.63) is 40.2 Å². The van der Waals surface area contributed by atoms with E-state index in [9.17, 15) is 4.39 Å². The predicted octanol–water partition coefficient (Wildman–Crippen LogP) is 3.85. The molecule has 1 N–H and O–H groups in total. The highest BCUT2D eigenvalue weighted by atomic mass is 32.1. The average molecular weight is 264 g/mol. The van der Waals surface area contributed by atoms with E-state index in [1.807, 2.05) is 20.0 Å². The highest BCUT2D eigenvalue weighted by molar-refractivity contribution is 7.15. The van der Waals surface area contributed by atoms with Gasteiger partial charge in [0.25, 0.3) is 0 Å². The molecule has 0 saturated heterocycles. The van der Waals surface area contributed by atoms with Gasteiger partial charge < -0.3 is 5.32 Å². The molecule has 0 fully saturated rings. The van der Waals surface area contributed by atoms with Crippen LogP contribution >= 0.6 is 11.3 Å². The smallest absolute Gasteiger partial charge is 0.126 e. The maximum atomic E-state index is 13.6. The van der Waals surface area contributed by atoms with Crippen LogP contribution in [0.2, 0.25) is 0 Å². The first kappa shape index (κ1) is 13.2. The second kappa shape index (κ2) is 5.16. The Morgan fingerprint density at radius 1 is 1.33 bits per heavy atom. The predicted molar refractivity (Wildman–Crippen MR) is 74.5 cm³/mol. The third-order valence-electron chi connectivity index (χ3n) is 3.08. The van der Waals surface area contributed by atoms with Crippen LogP contribution in [0.1, 0.15) is 29.1 Å². The fourth-order valence-electron chi connectivity index (χ4n) is 1.79. The lowest BCUT2D eigenvalue weighted by Gasteiger charge is -2.06. The number of benzene rings is 1. The van der Waals surface area contributed by atoms with Crippen LogP contribution in [0.5, 0.6) is 0 Å². The first-order valence-corrected chi connectivity index (χ1v) is 6.75. The van der Waals surface area contributed by atoms with Gasteiger partial charge in [0.1, 0.15) is 10.8 Å². The number of nitrogens with one attached hydrogen (secondary N) is 1. The number of hydrogen-bond acceptors (Lipinski definition) is 3. The molecule has 1 atom stereocenters. The maximum Gasteiger partial charge on any atom is 0.126 e. The summed E-state index contributed by atoms with van der Waals surface area (Å²) in [6.45, 7) is 5.86. The molecule has 1 unspecified atom stereocenters. The van der Waals surface area contributed by atoms with Crippen molar-refractivity contribution < 1.29 is 4.39 Å². The molecule has 0 aliphatic carbocycles. The van der Waals surface area contributed by atoms with Gasteiger partial charge in [-0.15, -0.1) is 11.3 Å². The molecule has 18 heavy (non-hydrogen) atoms. The molecule has 0 amide bonds. The van der Waals surface area contributed by atoms with E-state index in [1.54, 1.807) is 30.4 Å². The van der Waals surface area contributed by atoms with Gasteiger partial charge in [-0.2, -0.15) is 0 Å². The summed E-state index contributed by atoms with van der Waals surface area (Å²) in [7, 11) is 1.93. The second-order valence-electron chi connectivity index (χ2n) is 4.44. The Balaban J connectivity index is 2.42. The van der Waals surface area contributed by atoms with Gasteiger partial charge in [0.15, 0.2) is 0 Å². The Morgan fingerprint density at radius 3 is 2.67 bits per heavy atom. The van der Waals surface area contributed by atoms with E-state index in [2.05, 4.69) is 17.2 Å². The maximum absolute atomic E-state index is 13.6. The van der Waals surface area contributed by atoms with Crippen molar-refractivity contribution in [1.82, 2.24) is 10.3 Å². The summed E-state index contributed by atoms with van der Waals surface area (Å²) < 4.78 is 13.6. The third kappa shape index (κ3) is 2.44. The summed E-state index contributed by atoms with van der Waals surface area (Å²) in [6.07, 6.45) is 0. The molecule has 2 rings (SSSR count). The minimum absolute atomic E-state index is 0.177. The van der Waals surface area contributed by atoms with Gasteiger partial charge in [-0.1, -0.05) is 12.1 Å². The fourth-order valence-corrected chi connectivity index (χ4v) is 2.91. The minimum atomic E-state index is -0.177. The summed E-state index contributed by atoms with van der Waals surface area (Å²) in [4.78, 5) is 5.73. The van der Waals surface area contributed by atoms with Crippen LogP contribution in [0.4, 0.5) is 4.39 Å². The number of aryl methyl sites for hydroxylation is 2. The minimum Gasteiger partial charge on any atom is -0.312 e. The van der Waals surface area contributed by atoms with Gasteiger partial charge in [0.05, 0.1) is 5.69 Å². The van der Waals surface area contributed by atoms with E-state index < -0.39 is 0 Å². The van der Waals surface area contributed by atoms with Gasteiger partial charge in [-0.25, -0.2) is 9.37 Å². The van der Waals surface area contributed by atoms with Crippen molar-refractivity contribution in [2.24, 2.45) is 0 Å². The van der Waals surface area contributed by atoms with Gasteiger partial charge in [-0.3, -0.25) is 0 Å². The Labute approximate surface area is 111 Å². The molecular weight excluding hydrogens is 247 g/mol. The number of halogens is 1. The largest absolute Gasteiger partial charge is 0.312 e. The van der Waals surface area contributed by atoms with E-state index in [-0.39, 0.29) is 11.9 Å². The molecule has 0 saturated carbocycles. The Bertz CT molecular complexity index is 563. The fraction of sp³-hybridized carbons (Fsp3) is 0.357. The molecule has 0 bridgehead atoms. The number of thiazole rings is 1. The number of rotatable bonds is 3. The van der Waals surface area contributed by atoms with Crippen LogP contribution in [-0.2, 0) is 0 Å². The molecule has 2 aromatic rings. The lowest BCUT2D eigenvalue weighted by Crippen LogP contribution is -2.11. The van der Waals surface area contributed by atoms with Gasteiger partial charge in [0, 0.05) is 16.5 Å². The van der Waals surface area contributed by atoms with Crippen LogP contribution in [-0.4, -0.2) is 12.0 Å². The SMILES string of the molecule is CNC(C)c1sc(-c2ccc(C)c(F)c2)nc1C. The molecular formula is C14H17FN2S. The molecule has 1 heterocycles. The standard InChI is InChI=1S/C14H17FN2S/c1-8-5-6-11(7-12(8)15)14-17-10(3)13(18-14)9(2)16-4/h5-7,9,16H,1-4H3. The summed E-state index contributed by atoms with van der Waals surface area (Å²) in [5.74, 6) is -0.177. The first-order chi connectivity index (χ1) is 8.52. The van der Waals surface area contributed by atoms with Crippen LogP contribution in [0, 0.1) is 19.7 Å². The second-order valence-corrected chi connectivity index (χ2v) is 5.47. The molecule has 0 spiro atoms. The Kier molecular flexibility index (Phi) is 3.78. The lowest BCUT2D eigenvalue weighted by atomic mass is 10.1. The van der Waals surface area contributed by atoms with Crippen molar-refractivity contribution in [2.45, 2.75) is 26.8 Å². The van der Waals surface area contributed by atoms with E-state index in [1.165, 1.54) is 4.88 Å². The van der Waals surface area contributed by atoms with Crippen molar-refractivity contribution >= 4 is 11.3 Å². The highest BCUT2D eigenvalue weighted by Gasteiger charge is 2.14. The molecule has 4 heteroatoms. The summed E-state index contributed by atoms with van der Waals surface area (Å²) >= 11 is 1.62. The molecule has 1 aromatic heterocycles. The monoisotopic (exact) mass is 264 g/mol. The zero-order chi connectivity index (χ0) is 13.3. The Morgan fingerprint density at radius 2 is 2.06 bits per heavy atom. The molecule has 0 aliphatic heterocycles. The van der Waals surface area contributed by atoms with Crippen molar-refractivity contribution in [3.8, 4) is 10.6 Å². The quantitative estimate of drug-likeness (QED) is 0.911. The van der Waals surface area contributed by atoms with E-state index in [0.29, 0.717) is 5.56 Å². The van der Waals surface area contributed by atoms with Crippen LogP contribution in [0.15, 0.2) is 18.2 Å².